The molecule has 0 spiro atoms. The minimum absolute atomic E-state index is 0.0466. The van der Waals surface area contributed by atoms with Gasteiger partial charge in [0.1, 0.15) is 0 Å². The van der Waals surface area contributed by atoms with Gasteiger partial charge in [-0.05, 0) is 17.9 Å². The highest BCUT2D eigenvalue weighted by Gasteiger charge is 2.30. The first-order valence-electron chi connectivity index (χ1n) is 6.64. The number of nitrogens with zero attached hydrogens (tertiary/aromatic N) is 3. The maximum Gasteiger partial charge on any atom is 0.416 e. The van der Waals surface area contributed by atoms with Gasteiger partial charge < -0.3 is 10.5 Å². The number of hydrogen-bond acceptors (Lipinski definition) is 7. The number of carbonyl (C=O) groups is 1. The number of halogens is 3. The number of Topliss-reactive ketones (excluding diaryl/α,β-unsaturated/α-hetero) is 1. The first-order valence-corrected chi connectivity index (χ1v) is 7.86. The maximum atomic E-state index is 12.6. The predicted octanol–water partition coefficient (Wildman–Crippen LogP) is 2.39. The molecule has 0 saturated heterocycles. The van der Waals surface area contributed by atoms with Crippen molar-refractivity contribution in [3.63, 3.8) is 0 Å². The zero-order valence-electron chi connectivity index (χ0n) is 12.5. The fourth-order valence-electron chi connectivity index (χ4n) is 1.79. The van der Waals surface area contributed by atoms with Gasteiger partial charge in [-0.25, -0.2) is 0 Å². The second kappa shape index (κ2) is 7.47. The zero-order chi connectivity index (χ0) is 17.7. The molecule has 2 rings (SSSR count). The topological polar surface area (TPSA) is 91.0 Å². The second-order valence-corrected chi connectivity index (χ2v) is 5.44. The Morgan fingerprint density at radius 2 is 2.04 bits per heavy atom. The first kappa shape index (κ1) is 18.0. The maximum absolute atomic E-state index is 12.6. The zero-order valence-corrected chi connectivity index (χ0v) is 13.3. The van der Waals surface area contributed by atoms with Crippen LogP contribution in [0.3, 0.4) is 0 Å². The minimum Gasteiger partial charge on any atom is -0.455 e. The lowest BCUT2D eigenvalue weighted by Gasteiger charge is -2.09. The molecule has 24 heavy (non-hydrogen) atoms. The molecule has 128 valence electrons. The molecule has 0 amide bonds. The summed E-state index contributed by atoms with van der Waals surface area (Å²) in [6.07, 6.45) is -2.91. The van der Waals surface area contributed by atoms with Crippen LogP contribution in [0.25, 0.3) is 0 Å². The Labute approximate surface area is 139 Å². The standard InChI is InChI=1S/C14H13F3N4O2S/c1-24-13-20-11(18)19-12(21-13)23-7-10(22)6-8-3-2-4-9(5-8)14(15,16)17/h2-5H,6-7H2,1H3,(H2,18,19,20,21). The molecular formula is C14H13F3N4O2S. The number of nitrogen functional groups attached to an aromatic ring is 1. The van der Waals surface area contributed by atoms with E-state index in [-0.39, 0.29) is 30.5 Å². The average Bonchev–Trinajstić information content (AvgIpc) is 2.52. The molecule has 0 unspecified atom stereocenters. The van der Waals surface area contributed by atoms with Gasteiger partial charge in [0.2, 0.25) is 5.95 Å². The van der Waals surface area contributed by atoms with Crippen molar-refractivity contribution in [1.82, 2.24) is 15.0 Å². The molecule has 6 nitrogen and oxygen atoms in total. The van der Waals surface area contributed by atoms with Crippen molar-refractivity contribution in [2.24, 2.45) is 0 Å². The first-order chi connectivity index (χ1) is 11.3. The molecule has 1 aromatic heterocycles. The minimum atomic E-state index is -4.45. The van der Waals surface area contributed by atoms with Gasteiger partial charge in [-0.15, -0.1) is 0 Å². The van der Waals surface area contributed by atoms with Crippen LogP contribution >= 0.6 is 11.8 Å². The third-order valence-corrected chi connectivity index (χ3v) is 3.36. The number of ether oxygens (including phenoxy) is 1. The normalized spacial score (nSPS) is 11.3. The van der Waals surface area contributed by atoms with Crippen molar-refractivity contribution in [3.05, 3.63) is 35.4 Å². The number of anilines is 1. The highest BCUT2D eigenvalue weighted by Crippen LogP contribution is 2.29. The van der Waals surface area contributed by atoms with Crippen LogP contribution in [0.5, 0.6) is 6.01 Å². The molecule has 0 radical (unpaired) electrons. The van der Waals surface area contributed by atoms with E-state index in [9.17, 15) is 18.0 Å². The van der Waals surface area contributed by atoms with Gasteiger partial charge in [0.25, 0.3) is 0 Å². The summed E-state index contributed by atoms with van der Waals surface area (Å²) in [6.45, 7) is -0.381. The lowest BCUT2D eigenvalue weighted by Crippen LogP contribution is -2.16. The number of nitrogens with two attached hydrogens (primary N) is 1. The van der Waals surface area contributed by atoms with Crippen LogP contribution in [0.4, 0.5) is 19.1 Å². The Morgan fingerprint density at radius 1 is 1.29 bits per heavy atom. The van der Waals surface area contributed by atoms with Crippen LogP contribution in [-0.2, 0) is 17.4 Å². The van der Waals surface area contributed by atoms with Crippen molar-refractivity contribution < 1.29 is 22.7 Å². The van der Waals surface area contributed by atoms with E-state index in [1.807, 2.05) is 0 Å². The van der Waals surface area contributed by atoms with Gasteiger partial charge in [-0.3, -0.25) is 4.79 Å². The van der Waals surface area contributed by atoms with Crippen LogP contribution in [0.2, 0.25) is 0 Å². The second-order valence-electron chi connectivity index (χ2n) is 4.67. The number of aromatic nitrogens is 3. The monoisotopic (exact) mass is 358 g/mol. The summed E-state index contributed by atoms with van der Waals surface area (Å²) in [5.41, 5.74) is 4.92. The molecule has 0 fully saturated rings. The Balaban J connectivity index is 1.98. The van der Waals surface area contributed by atoms with Gasteiger partial charge >= 0.3 is 12.2 Å². The third kappa shape index (κ3) is 5.08. The molecule has 0 aliphatic rings. The van der Waals surface area contributed by atoms with E-state index in [2.05, 4.69) is 15.0 Å². The summed E-state index contributed by atoms with van der Waals surface area (Å²) < 4.78 is 43.0. The molecule has 0 bridgehead atoms. The molecule has 1 heterocycles. The number of hydrogen-bond donors (Lipinski definition) is 1. The predicted molar refractivity (Wildman–Crippen MR) is 81.7 cm³/mol. The molecule has 0 aliphatic carbocycles. The van der Waals surface area contributed by atoms with Crippen molar-refractivity contribution in [1.29, 1.82) is 0 Å². The van der Waals surface area contributed by atoms with Crippen LogP contribution in [0, 0.1) is 0 Å². The largest absolute Gasteiger partial charge is 0.455 e. The van der Waals surface area contributed by atoms with Crippen LogP contribution in [0.15, 0.2) is 29.4 Å². The van der Waals surface area contributed by atoms with Gasteiger partial charge in [-0.2, -0.15) is 28.1 Å². The quantitative estimate of drug-likeness (QED) is 0.793. The Kier molecular flexibility index (Phi) is 5.60. The Bertz CT molecular complexity index is 740. The number of rotatable bonds is 6. The fourth-order valence-corrected chi connectivity index (χ4v) is 2.14. The number of carbonyl (C=O) groups excluding carboxylic acids is 1. The van der Waals surface area contributed by atoms with Gasteiger partial charge in [-0.1, -0.05) is 30.0 Å². The Hall–Kier alpha value is -2.36. The van der Waals surface area contributed by atoms with E-state index >= 15 is 0 Å². The summed E-state index contributed by atoms with van der Waals surface area (Å²) in [5.74, 6) is -0.464. The summed E-state index contributed by atoms with van der Waals surface area (Å²) in [5, 5.41) is 0.336. The van der Waals surface area contributed by atoms with E-state index in [1.165, 1.54) is 23.9 Å². The fraction of sp³-hybridized carbons (Fsp3) is 0.286. The van der Waals surface area contributed by atoms with E-state index in [1.54, 1.807) is 6.26 Å². The molecule has 0 aliphatic heterocycles. The van der Waals surface area contributed by atoms with Crippen LogP contribution in [0.1, 0.15) is 11.1 Å². The smallest absolute Gasteiger partial charge is 0.416 e. The lowest BCUT2D eigenvalue weighted by molar-refractivity contribution is -0.137. The van der Waals surface area contributed by atoms with Crippen molar-refractivity contribution in [2.75, 3.05) is 18.6 Å². The van der Waals surface area contributed by atoms with Crippen LogP contribution in [-0.4, -0.2) is 33.6 Å². The molecule has 1 aromatic carbocycles. The van der Waals surface area contributed by atoms with Crippen molar-refractivity contribution in [2.45, 2.75) is 17.8 Å². The molecule has 0 saturated carbocycles. The van der Waals surface area contributed by atoms with Gasteiger partial charge in [0.05, 0.1) is 5.56 Å². The summed E-state index contributed by atoms with van der Waals surface area (Å²) >= 11 is 1.22. The highest BCUT2D eigenvalue weighted by atomic mass is 32.2. The third-order valence-electron chi connectivity index (χ3n) is 2.81. The van der Waals surface area contributed by atoms with E-state index in [0.29, 0.717) is 5.16 Å². The lowest BCUT2D eigenvalue weighted by atomic mass is 10.1. The van der Waals surface area contributed by atoms with Crippen molar-refractivity contribution >= 4 is 23.5 Å². The molecule has 10 heteroatoms. The van der Waals surface area contributed by atoms with E-state index in [4.69, 9.17) is 10.5 Å². The number of alkyl halides is 3. The van der Waals surface area contributed by atoms with Crippen molar-refractivity contribution in [3.8, 4) is 6.01 Å². The number of benzene rings is 1. The van der Waals surface area contributed by atoms with Gasteiger partial charge in [0.15, 0.2) is 17.5 Å². The summed E-state index contributed by atoms with van der Waals surface area (Å²) in [7, 11) is 0. The molecule has 0 atom stereocenters. The number of thioether (sulfide) groups is 1. The van der Waals surface area contributed by atoms with Crippen LogP contribution < -0.4 is 10.5 Å². The summed E-state index contributed by atoms with van der Waals surface area (Å²) in [6, 6.07) is 4.47. The summed E-state index contributed by atoms with van der Waals surface area (Å²) in [4.78, 5) is 23.3. The SMILES string of the molecule is CSc1nc(N)nc(OCC(=O)Cc2cccc(C(F)(F)F)c2)n1. The average molecular weight is 358 g/mol. The van der Waals surface area contributed by atoms with E-state index in [0.717, 1.165) is 12.1 Å². The Morgan fingerprint density at radius 3 is 2.71 bits per heavy atom. The molecule has 2 aromatic rings. The molecular weight excluding hydrogens is 345 g/mol. The van der Waals surface area contributed by atoms with E-state index < -0.39 is 17.5 Å². The van der Waals surface area contributed by atoms with Gasteiger partial charge in [0, 0.05) is 6.42 Å². The molecule has 2 N–H and O–H groups in total. The highest BCUT2D eigenvalue weighted by molar-refractivity contribution is 7.98. The number of ketones is 1.